The normalized spacial score (nSPS) is 10.6. The standard InChI is InChI=1S/C14H17N3OS/c1-3-10-13(15)16-12(17-14(10)18)8-19-11-7-5-4-6-9(11)2/h4-7H,3,8H2,1-2H3,(H3,15,16,17,18). The number of hydrogen-bond acceptors (Lipinski definition) is 4. The number of nitrogens with zero attached hydrogens (tertiary/aromatic N) is 1. The van der Waals surface area contributed by atoms with E-state index in [9.17, 15) is 4.79 Å². The molecule has 1 heterocycles. The molecule has 0 saturated heterocycles. The van der Waals surface area contributed by atoms with Gasteiger partial charge in [0.05, 0.1) is 11.3 Å². The quantitative estimate of drug-likeness (QED) is 0.841. The zero-order valence-corrected chi connectivity index (χ0v) is 11.9. The summed E-state index contributed by atoms with van der Waals surface area (Å²) in [5.41, 5.74) is 7.44. The highest BCUT2D eigenvalue weighted by Gasteiger charge is 2.07. The Morgan fingerprint density at radius 1 is 1.37 bits per heavy atom. The monoisotopic (exact) mass is 275 g/mol. The predicted molar refractivity (Wildman–Crippen MR) is 79.4 cm³/mol. The van der Waals surface area contributed by atoms with E-state index >= 15 is 0 Å². The number of nitrogens with one attached hydrogen (secondary N) is 1. The van der Waals surface area contributed by atoms with Crippen LogP contribution in [0.1, 0.15) is 23.9 Å². The molecule has 19 heavy (non-hydrogen) atoms. The average Bonchev–Trinajstić information content (AvgIpc) is 2.37. The molecule has 1 aromatic carbocycles. The summed E-state index contributed by atoms with van der Waals surface area (Å²) in [5, 5.41) is 0. The van der Waals surface area contributed by atoms with Crippen molar-refractivity contribution >= 4 is 17.6 Å². The SMILES string of the molecule is CCc1c(N)nc(CSc2ccccc2C)[nH]c1=O. The fourth-order valence-corrected chi connectivity index (χ4v) is 2.74. The van der Waals surface area contributed by atoms with Gasteiger partial charge in [-0.05, 0) is 25.0 Å². The number of aromatic amines is 1. The van der Waals surface area contributed by atoms with E-state index in [1.807, 2.05) is 19.1 Å². The number of anilines is 1. The van der Waals surface area contributed by atoms with E-state index in [-0.39, 0.29) is 5.56 Å². The van der Waals surface area contributed by atoms with Gasteiger partial charge >= 0.3 is 0 Å². The van der Waals surface area contributed by atoms with Crippen molar-refractivity contribution < 1.29 is 0 Å². The Balaban J connectivity index is 2.17. The van der Waals surface area contributed by atoms with E-state index in [0.717, 1.165) is 0 Å². The fourth-order valence-electron chi connectivity index (χ4n) is 1.84. The van der Waals surface area contributed by atoms with Gasteiger partial charge in [0, 0.05) is 4.90 Å². The van der Waals surface area contributed by atoms with Gasteiger partial charge < -0.3 is 10.7 Å². The molecule has 0 fully saturated rings. The van der Waals surface area contributed by atoms with Crippen LogP contribution in [-0.4, -0.2) is 9.97 Å². The van der Waals surface area contributed by atoms with Gasteiger partial charge in [0.2, 0.25) is 0 Å². The van der Waals surface area contributed by atoms with Gasteiger partial charge in [-0.15, -0.1) is 11.8 Å². The highest BCUT2D eigenvalue weighted by molar-refractivity contribution is 7.98. The first-order chi connectivity index (χ1) is 9.11. The second-order valence-electron chi connectivity index (χ2n) is 4.28. The lowest BCUT2D eigenvalue weighted by molar-refractivity contribution is 0.953. The average molecular weight is 275 g/mol. The molecule has 0 spiro atoms. The lowest BCUT2D eigenvalue weighted by Crippen LogP contribution is -2.18. The maximum absolute atomic E-state index is 11.8. The number of aromatic nitrogens is 2. The van der Waals surface area contributed by atoms with E-state index in [1.165, 1.54) is 10.5 Å². The molecule has 0 atom stereocenters. The summed E-state index contributed by atoms with van der Waals surface area (Å²) in [4.78, 5) is 20.0. The Morgan fingerprint density at radius 2 is 2.11 bits per heavy atom. The highest BCUT2D eigenvalue weighted by Crippen LogP contribution is 2.24. The molecule has 2 aromatic rings. The smallest absolute Gasteiger partial charge is 0.256 e. The van der Waals surface area contributed by atoms with E-state index in [2.05, 4.69) is 29.0 Å². The van der Waals surface area contributed by atoms with Crippen molar-refractivity contribution in [1.82, 2.24) is 9.97 Å². The molecular weight excluding hydrogens is 258 g/mol. The summed E-state index contributed by atoms with van der Waals surface area (Å²) < 4.78 is 0. The summed E-state index contributed by atoms with van der Waals surface area (Å²) in [7, 11) is 0. The van der Waals surface area contributed by atoms with Crippen LogP contribution in [-0.2, 0) is 12.2 Å². The maximum Gasteiger partial charge on any atom is 0.256 e. The Bertz CT molecular complexity index is 637. The largest absolute Gasteiger partial charge is 0.383 e. The van der Waals surface area contributed by atoms with Crippen LogP contribution in [0.25, 0.3) is 0 Å². The van der Waals surface area contributed by atoms with Crippen molar-refractivity contribution in [3.05, 3.63) is 51.6 Å². The Kier molecular flexibility index (Phi) is 4.27. The molecule has 0 saturated carbocycles. The summed E-state index contributed by atoms with van der Waals surface area (Å²) in [6.45, 7) is 3.96. The first-order valence-electron chi connectivity index (χ1n) is 6.17. The third-order valence-electron chi connectivity index (χ3n) is 2.91. The topological polar surface area (TPSA) is 71.8 Å². The first kappa shape index (κ1) is 13.7. The molecule has 5 heteroatoms. The Morgan fingerprint density at radius 3 is 2.74 bits per heavy atom. The van der Waals surface area contributed by atoms with Crippen LogP contribution in [0.15, 0.2) is 34.0 Å². The number of nitrogens with two attached hydrogens (primary N) is 1. The van der Waals surface area contributed by atoms with Gasteiger partial charge in [0.25, 0.3) is 5.56 Å². The van der Waals surface area contributed by atoms with Crippen LogP contribution in [0.4, 0.5) is 5.82 Å². The molecule has 0 amide bonds. The van der Waals surface area contributed by atoms with E-state index < -0.39 is 0 Å². The number of rotatable bonds is 4. The molecule has 1 aromatic heterocycles. The van der Waals surface area contributed by atoms with Crippen molar-refractivity contribution in [2.45, 2.75) is 30.9 Å². The van der Waals surface area contributed by atoms with Crippen molar-refractivity contribution in [2.75, 3.05) is 5.73 Å². The molecule has 0 radical (unpaired) electrons. The lowest BCUT2D eigenvalue weighted by atomic mass is 10.2. The molecule has 0 unspecified atom stereocenters. The molecule has 0 aliphatic carbocycles. The van der Waals surface area contributed by atoms with Gasteiger partial charge in [0.15, 0.2) is 0 Å². The molecular formula is C14H17N3OS. The molecule has 2 rings (SSSR count). The number of hydrogen-bond donors (Lipinski definition) is 2. The minimum atomic E-state index is -0.129. The number of thioether (sulfide) groups is 1. The number of aryl methyl sites for hydroxylation is 1. The first-order valence-corrected chi connectivity index (χ1v) is 7.16. The molecule has 4 nitrogen and oxygen atoms in total. The van der Waals surface area contributed by atoms with E-state index in [4.69, 9.17) is 5.73 Å². The molecule has 0 aliphatic rings. The van der Waals surface area contributed by atoms with Crippen LogP contribution >= 0.6 is 11.8 Å². The molecule has 0 aliphatic heterocycles. The number of benzene rings is 1. The highest BCUT2D eigenvalue weighted by atomic mass is 32.2. The Hall–Kier alpha value is -1.75. The van der Waals surface area contributed by atoms with Crippen molar-refractivity contribution in [3.63, 3.8) is 0 Å². The summed E-state index contributed by atoms with van der Waals surface area (Å²) in [6, 6.07) is 8.13. The van der Waals surface area contributed by atoms with E-state index in [0.29, 0.717) is 29.4 Å². The van der Waals surface area contributed by atoms with Crippen LogP contribution in [0.3, 0.4) is 0 Å². The van der Waals surface area contributed by atoms with E-state index in [1.54, 1.807) is 11.8 Å². The fraction of sp³-hybridized carbons (Fsp3) is 0.286. The second kappa shape index (κ2) is 5.93. The van der Waals surface area contributed by atoms with Crippen LogP contribution in [0.5, 0.6) is 0 Å². The third-order valence-corrected chi connectivity index (χ3v) is 4.09. The second-order valence-corrected chi connectivity index (χ2v) is 5.30. The van der Waals surface area contributed by atoms with Gasteiger partial charge in [-0.25, -0.2) is 4.98 Å². The number of nitrogen functional groups attached to an aromatic ring is 1. The van der Waals surface area contributed by atoms with Crippen molar-refractivity contribution in [1.29, 1.82) is 0 Å². The van der Waals surface area contributed by atoms with Gasteiger partial charge in [-0.1, -0.05) is 25.1 Å². The third kappa shape index (κ3) is 3.17. The van der Waals surface area contributed by atoms with Gasteiger partial charge in [0.1, 0.15) is 11.6 Å². The maximum atomic E-state index is 11.8. The van der Waals surface area contributed by atoms with Crippen molar-refractivity contribution in [3.8, 4) is 0 Å². The van der Waals surface area contributed by atoms with Gasteiger partial charge in [-0.3, -0.25) is 4.79 Å². The Labute approximate surface area is 116 Å². The molecule has 100 valence electrons. The van der Waals surface area contributed by atoms with Crippen LogP contribution in [0, 0.1) is 6.92 Å². The minimum Gasteiger partial charge on any atom is -0.383 e. The summed E-state index contributed by atoms with van der Waals surface area (Å²) >= 11 is 1.64. The van der Waals surface area contributed by atoms with Crippen molar-refractivity contribution in [2.24, 2.45) is 0 Å². The zero-order chi connectivity index (χ0) is 13.8. The predicted octanol–water partition coefficient (Wildman–Crippen LogP) is 2.52. The van der Waals surface area contributed by atoms with Gasteiger partial charge in [-0.2, -0.15) is 0 Å². The molecule has 3 N–H and O–H groups in total. The lowest BCUT2D eigenvalue weighted by Gasteiger charge is -2.07. The summed E-state index contributed by atoms with van der Waals surface area (Å²) in [6.07, 6.45) is 0.597. The molecule has 0 bridgehead atoms. The minimum absolute atomic E-state index is 0.129. The van der Waals surface area contributed by atoms with Crippen LogP contribution in [0.2, 0.25) is 0 Å². The zero-order valence-electron chi connectivity index (χ0n) is 11.1. The summed E-state index contributed by atoms with van der Waals surface area (Å²) in [5.74, 6) is 1.56. The van der Waals surface area contributed by atoms with Crippen LogP contribution < -0.4 is 11.3 Å². The number of H-pyrrole nitrogens is 1.